The van der Waals surface area contributed by atoms with Crippen LogP contribution in [0.4, 0.5) is 0 Å². The molecule has 2 aromatic carbocycles. The minimum Gasteiger partial charge on any atom is -0.497 e. The number of hydrogen-bond acceptors (Lipinski definition) is 4. The Morgan fingerprint density at radius 1 is 1.07 bits per heavy atom. The first-order valence-electron chi connectivity index (χ1n) is 9.85. The lowest BCUT2D eigenvalue weighted by Gasteiger charge is -2.53. The maximum Gasteiger partial charge on any atom is 0.218 e. The molecule has 6 heteroatoms. The van der Waals surface area contributed by atoms with Gasteiger partial charge in [0.15, 0.2) is 0 Å². The van der Waals surface area contributed by atoms with Crippen molar-refractivity contribution in [1.29, 1.82) is 0 Å². The Morgan fingerprint density at radius 3 is 2.61 bits per heavy atom. The van der Waals surface area contributed by atoms with Crippen LogP contribution in [0.3, 0.4) is 0 Å². The van der Waals surface area contributed by atoms with Gasteiger partial charge in [-0.15, -0.1) is 0 Å². The van der Waals surface area contributed by atoms with Gasteiger partial charge >= 0.3 is 0 Å². The van der Waals surface area contributed by atoms with E-state index in [-0.39, 0.29) is 5.75 Å². The number of aryl methyl sites for hydroxylation is 1. The van der Waals surface area contributed by atoms with Crippen LogP contribution in [0.2, 0.25) is 0 Å². The summed E-state index contributed by atoms with van der Waals surface area (Å²) in [5.74, 6) is 1.41. The van der Waals surface area contributed by atoms with Crippen LogP contribution in [-0.4, -0.2) is 50.4 Å². The van der Waals surface area contributed by atoms with E-state index in [0.717, 1.165) is 36.4 Å². The van der Waals surface area contributed by atoms with E-state index >= 15 is 0 Å². The van der Waals surface area contributed by atoms with Gasteiger partial charge in [0.05, 0.1) is 12.9 Å². The highest BCUT2D eigenvalue weighted by Gasteiger charge is 2.44. The number of methoxy groups -OCH3 is 1. The topological polar surface area (TPSA) is 49.9 Å². The summed E-state index contributed by atoms with van der Waals surface area (Å²) in [4.78, 5) is 2.46. The van der Waals surface area contributed by atoms with Gasteiger partial charge in [-0.2, -0.15) is 0 Å². The van der Waals surface area contributed by atoms with E-state index in [1.54, 1.807) is 11.4 Å². The maximum absolute atomic E-state index is 12.9. The summed E-state index contributed by atoms with van der Waals surface area (Å²) < 4.78 is 32.8. The summed E-state index contributed by atoms with van der Waals surface area (Å²) in [6, 6.07) is 16.4. The molecular weight excluding hydrogens is 372 g/mol. The zero-order chi connectivity index (χ0) is 19.7. The molecule has 0 bridgehead atoms. The fraction of sp³-hybridized carbons (Fsp3) is 0.455. The second-order valence-corrected chi connectivity index (χ2v) is 9.97. The van der Waals surface area contributed by atoms with E-state index < -0.39 is 10.0 Å². The van der Waals surface area contributed by atoms with Crippen molar-refractivity contribution in [2.24, 2.45) is 5.92 Å². The lowest BCUT2D eigenvalue weighted by atomic mass is 9.83. The first kappa shape index (κ1) is 19.4. The zero-order valence-electron chi connectivity index (χ0n) is 16.5. The maximum atomic E-state index is 12.9. The van der Waals surface area contributed by atoms with Gasteiger partial charge in [0.25, 0.3) is 0 Å². The molecule has 0 amide bonds. The van der Waals surface area contributed by atoms with E-state index in [0.29, 0.717) is 25.0 Å². The Kier molecular flexibility index (Phi) is 5.45. The highest BCUT2D eigenvalue weighted by atomic mass is 32.2. The first-order chi connectivity index (χ1) is 13.4. The second-order valence-electron chi connectivity index (χ2n) is 8.00. The average molecular weight is 401 g/mol. The predicted octanol–water partition coefficient (Wildman–Crippen LogP) is 3.04. The molecule has 2 aliphatic heterocycles. The molecule has 0 N–H and O–H groups in total. The van der Waals surface area contributed by atoms with Gasteiger partial charge in [0, 0.05) is 38.1 Å². The molecule has 2 fully saturated rings. The van der Waals surface area contributed by atoms with Gasteiger partial charge in [-0.25, -0.2) is 12.7 Å². The lowest BCUT2D eigenvalue weighted by molar-refractivity contribution is -0.0306. The standard InChI is InChI=1S/C22H28N2O3S/c1-17-5-3-7-19(11-17)16-28(25,26)24-10-9-22-20(15-24)14-23(22)13-18-6-4-8-21(12-18)27-2/h3-8,11-12,20,22H,9-10,13-16H2,1-2H3/t20-,22+/m0/s1. The normalized spacial score (nSPS) is 23.1. The third-order valence-corrected chi connectivity index (χ3v) is 7.76. The van der Waals surface area contributed by atoms with Gasteiger partial charge in [-0.05, 0) is 36.6 Å². The van der Waals surface area contributed by atoms with Crippen LogP contribution in [0.15, 0.2) is 48.5 Å². The SMILES string of the molecule is COc1cccc(CN2C[C@H]3CN(S(=O)(=O)Cc4cccc(C)c4)CC[C@H]32)c1. The van der Waals surface area contributed by atoms with Gasteiger partial charge in [-0.1, -0.05) is 42.0 Å². The number of nitrogens with zero attached hydrogens (tertiary/aromatic N) is 2. The van der Waals surface area contributed by atoms with Crippen LogP contribution in [0.1, 0.15) is 23.1 Å². The number of fused-ring (bicyclic) bond motifs is 1. The molecule has 0 aliphatic carbocycles. The molecule has 28 heavy (non-hydrogen) atoms. The Labute approximate surface area is 168 Å². The first-order valence-corrected chi connectivity index (χ1v) is 11.5. The van der Waals surface area contributed by atoms with Crippen LogP contribution >= 0.6 is 0 Å². The summed E-state index contributed by atoms with van der Waals surface area (Å²) >= 11 is 0. The van der Waals surface area contributed by atoms with Crippen LogP contribution in [-0.2, 0) is 22.3 Å². The molecule has 2 saturated heterocycles. The van der Waals surface area contributed by atoms with Gasteiger partial charge in [0.1, 0.15) is 5.75 Å². The number of ether oxygens (including phenoxy) is 1. The Hall–Kier alpha value is -1.89. The average Bonchev–Trinajstić information content (AvgIpc) is 2.65. The van der Waals surface area contributed by atoms with Crippen molar-refractivity contribution >= 4 is 10.0 Å². The third-order valence-electron chi connectivity index (χ3n) is 5.94. The number of rotatable bonds is 6. The molecule has 0 unspecified atom stereocenters. The molecule has 0 saturated carbocycles. The fourth-order valence-electron chi connectivity index (χ4n) is 4.49. The quantitative estimate of drug-likeness (QED) is 0.748. The van der Waals surface area contributed by atoms with E-state index in [4.69, 9.17) is 4.74 Å². The minimum atomic E-state index is -3.26. The van der Waals surface area contributed by atoms with Crippen molar-refractivity contribution in [3.63, 3.8) is 0 Å². The minimum absolute atomic E-state index is 0.0968. The fourth-order valence-corrected chi connectivity index (χ4v) is 6.07. The molecular formula is C22H28N2O3S. The highest BCUT2D eigenvalue weighted by Crippen LogP contribution is 2.35. The lowest BCUT2D eigenvalue weighted by Crippen LogP contribution is -2.63. The number of hydrogen-bond donors (Lipinski definition) is 0. The Bertz CT molecular complexity index is 944. The smallest absolute Gasteiger partial charge is 0.218 e. The van der Waals surface area contributed by atoms with Gasteiger partial charge in [-0.3, -0.25) is 4.90 Å². The number of likely N-dealkylation sites (tertiary alicyclic amines) is 1. The van der Waals surface area contributed by atoms with Crippen LogP contribution in [0.5, 0.6) is 5.75 Å². The second kappa shape index (κ2) is 7.85. The van der Waals surface area contributed by atoms with Gasteiger partial charge < -0.3 is 4.74 Å². The van der Waals surface area contributed by atoms with Crippen LogP contribution in [0, 0.1) is 12.8 Å². The number of piperidine rings is 1. The van der Waals surface area contributed by atoms with Crippen molar-refractivity contribution in [3.8, 4) is 5.75 Å². The number of benzene rings is 2. The van der Waals surface area contributed by atoms with Crippen molar-refractivity contribution in [3.05, 3.63) is 65.2 Å². The summed E-state index contributed by atoms with van der Waals surface area (Å²) in [6.07, 6.45) is 0.904. The molecule has 2 heterocycles. The Balaban J connectivity index is 1.35. The summed E-state index contributed by atoms with van der Waals surface area (Å²) in [7, 11) is -1.58. The van der Waals surface area contributed by atoms with Crippen LogP contribution in [0.25, 0.3) is 0 Å². The van der Waals surface area contributed by atoms with Crippen molar-refractivity contribution in [2.75, 3.05) is 26.7 Å². The monoisotopic (exact) mass is 400 g/mol. The predicted molar refractivity (Wildman–Crippen MR) is 111 cm³/mol. The van der Waals surface area contributed by atoms with Crippen molar-refractivity contribution in [2.45, 2.75) is 31.7 Å². The number of sulfonamides is 1. The van der Waals surface area contributed by atoms with Gasteiger partial charge in [0.2, 0.25) is 10.0 Å². The van der Waals surface area contributed by atoms with E-state index in [2.05, 4.69) is 17.0 Å². The summed E-state index contributed by atoms with van der Waals surface area (Å²) in [5, 5.41) is 0. The molecule has 0 spiro atoms. The third kappa shape index (κ3) is 4.09. The van der Waals surface area contributed by atoms with E-state index in [1.165, 1.54) is 5.56 Å². The molecule has 150 valence electrons. The molecule has 2 aromatic rings. The zero-order valence-corrected chi connectivity index (χ0v) is 17.4. The summed E-state index contributed by atoms with van der Waals surface area (Å²) in [5.41, 5.74) is 3.21. The van der Waals surface area contributed by atoms with E-state index in [9.17, 15) is 8.42 Å². The van der Waals surface area contributed by atoms with Crippen LogP contribution < -0.4 is 4.74 Å². The van der Waals surface area contributed by atoms with Crippen molar-refractivity contribution in [1.82, 2.24) is 9.21 Å². The largest absolute Gasteiger partial charge is 0.497 e. The van der Waals surface area contributed by atoms with E-state index in [1.807, 2.05) is 43.3 Å². The molecule has 2 atom stereocenters. The molecule has 5 nitrogen and oxygen atoms in total. The Morgan fingerprint density at radius 2 is 1.86 bits per heavy atom. The summed E-state index contributed by atoms with van der Waals surface area (Å²) in [6.45, 7) is 5.11. The molecule has 2 aliphatic rings. The molecule has 0 radical (unpaired) electrons. The molecule has 0 aromatic heterocycles. The highest BCUT2D eigenvalue weighted by molar-refractivity contribution is 7.88. The van der Waals surface area contributed by atoms with Crippen molar-refractivity contribution < 1.29 is 13.2 Å². The molecule has 4 rings (SSSR count).